The molecule has 2 heterocycles. The van der Waals surface area contributed by atoms with Crippen molar-refractivity contribution in [3.63, 3.8) is 0 Å². The molecule has 4 aromatic rings. The maximum absolute atomic E-state index is 12.4. The topological polar surface area (TPSA) is 74.4 Å². The van der Waals surface area contributed by atoms with Crippen molar-refractivity contribution >= 4 is 52.7 Å². The number of carbonyl (C=O) groups excluding carboxylic acids is 1. The molecular weight excluding hydrogens is 323 g/mol. The molecular formula is C15H12Cl2N4O. The predicted octanol–water partition coefficient (Wildman–Crippen LogP) is 3.51. The Bertz CT molecular complexity index is 803. The van der Waals surface area contributed by atoms with Crippen molar-refractivity contribution < 1.29 is 4.79 Å². The molecule has 0 saturated heterocycles. The van der Waals surface area contributed by atoms with Gasteiger partial charge in [-0.25, -0.2) is 9.97 Å². The van der Waals surface area contributed by atoms with Crippen LogP contribution in [-0.4, -0.2) is 25.7 Å². The van der Waals surface area contributed by atoms with Crippen molar-refractivity contribution in [1.29, 1.82) is 0 Å². The van der Waals surface area contributed by atoms with E-state index in [1.165, 1.54) is 0 Å². The third kappa shape index (κ3) is 2.56. The maximum atomic E-state index is 12.4. The Kier molecular flexibility index (Phi) is 4.49. The zero-order chi connectivity index (χ0) is 13.5. The number of aromatic nitrogens is 4. The predicted molar refractivity (Wildman–Crippen MR) is 90.1 cm³/mol. The van der Waals surface area contributed by atoms with Gasteiger partial charge in [0.15, 0.2) is 11.6 Å². The molecule has 0 spiro atoms. The molecule has 0 saturated carbocycles. The highest BCUT2D eigenvalue weighted by atomic mass is 35.5. The third-order valence-electron chi connectivity index (χ3n) is 3.21. The minimum Gasteiger partial charge on any atom is -0.335 e. The summed E-state index contributed by atoms with van der Waals surface area (Å²) in [5.74, 6) is 0.355. The van der Waals surface area contributed by atoms with Crippen molar-refractivity contribution in [3.8, 4) is 0 Å². The number of hydrogen-bond donors (Lipinski definition) is 2. The van der Waals surface area contributed by atoms with Crippen LogP contribution in [0.3, 0.4) is 0 Å². The Morgan fingerprint density at radius 2 is 1.14 bits per heavy atom. The van der Waals surface area contributed by atoms with E-state index in [0.717, 1.165) is 22.1 Å². The van der Waals surface area contributed by atoms with Crippen LogP contribution >= 0.6 is 24.8 Å². The molecule has 0 aliphatic heterocycles. The Labute approximate surface area is 138 Å². The summed E-state index contributed by atoms with van der Waals surface area (Å²) in [6.07, 6.45) is 0. The second-order valence-electron chi connectivity index (χ2n) is 4.53. The van der Waals surface area contributed by atoms with Crippen LogP contribution in [0.4, 0.5) is 0 Å². The molecule has 2 aromatic carbocycles. The summed E-state index contributed by atoms with van der Waals surface area (Å²) in [5, 5.41) is 0. The molecule has 0 bridgehead atoms. The van der Waals surface area contributed by atoms with Gasteiger partial charge in [-0.05, 0) is 24.3 Å². The van der Waals surface area contributed by atoms with E-state index in [1.807, 2.05) is 48.5 Å². The van der Waals surface area contributed by atoms with Gasteiger partial charge in [0.05, 0.1) is 22.1 Å². The van der Waals surface area contributed by atoms with E-state index in [4.69, 9.17) is 0 Å². The molecule has 4 rings (SSSR count). The van der Waals surface area contributed by atoms with Crippen LogP contribution in [0.25, 0.3) is 22.1 Å². The zero-order valence-corrected chi connectivity index (χ0v) is 12.9. The van der Waals surface area contributed by atoms with Crippen molar-refractivity contribution in [1.82, 2.24) is 19.9 Å². The van der Waals surface area contributed by atoms with E-state index in [9.17, 15) is 4.79 Å². The number of aromatic amines is 2. The van der Waals surface area contributed by atoms with Gasteiger partial charge in [-0.3, -0.25) is 4.79 Å². The molecule has 112 valence electrons. The van der Waals surface area contributed by atoms with Crippen LogP contribution in [0.2, 0.25) is 0 Å². The molecule has 5 nitrogen and oxygen atoms in total. The van der Waals surface area contributed by atoms with Crippen LogP contribution < -0.4 is 0 Å². The number of rotatable bonds is 2. The molecule has 0 fully saturated rings. The van der Waals surface area contributed by atoms with Gasteiger partial charge in [0.25, 0.3) is 5.78 Å². The average molecular weight is 335 g/mol. The van der Waals surface area contributed by atoms with E-state index in [1.54, 1.807) is 0 Å². The Balaban J connectivity index is 0.000000882. The fourth-order valence-corrected chi connectivity index (χ4v) is 2.23. The van der Waals surface area contributed by atoms with E-state index >= 15 is 0 Å². The first-order valence-corrected chi connectivity index (χ1v) is 6.25. The highest BCUT2D eigenvalue weighted by molar-refractivity contribution is 6.06. The largest absolute Gasteiger partial charge is 0.335 e. The molecule has 0 unspecified atom stereocenters. The molecule has 0 aliphatic rings. The number of carbonyl (C=O) groups is 1. The standard InChI is InChI=1S/C15H10N4O.2ClH/c20-13(14-16-9-5-1-2-6-10(9)17-14)15-18-11-7-3-4-8-12(11)19-15;;/h1-8H,(H,16,17)(H,18,19);2*1H. The number of imidazole rings is 2. The summed E-state index contributed by atoms with van der Waals surface area (Å²) in [7, 11) is 0. The Morgan fingerprint density at radius 3 is 1.55 bits per heavy atom. The van der Waals surface area contributed by atoms with Gasteiger partial charge in [-0.15, -0.1) is 24.8 Å². The quantitative estimate of drug-likeness (QED) is 0.551. The first kappa shape index (κ1) is 16.0. The minimum absolute atomic E-state index is 0. The van der Waals surface area contributed by atoms with Gasteiger partial charge in [-0.1, -0.05) is 24.3 Å². The average Bonchev–Trinajstić information content (AvgIpc) is 3.10. The van der Waals surface area contributed by atoms with Crippen LogP contribution in [0.1, 0.15) is 16.4 Å². The number of ketones is 1. The molecule has 0 atom stereocenters. The number of nitrogens with one attached hydrogen (secondary N) is 2. The first-order chi connectivity index (χ1) is 9.81. The fourth-order valence-electron chi connectivity index (χ4n) is 2.23. The van der Waals surface area contributed by atoms with Gasteiger partial charge in [0, 0.05) is 0 Å². The van der Waals surface area contributed by atoms with Crippen LogP contribution in [0.15, 0.2) is 48.5 Å². The summed E-state index contributed by atoms with van der Waals surface area (Å²) in [6.45, 7) is 0. The number of nitrogens with zero attached hydrogens (tertiary/aromatic N) is 2. The molecule has 7 heteroatoms. The number of hydrogen-bond acceptors (Lipinski definition) is 3. The highest BCUT2D eigenvalue weighted by Crippen LogP contribution is 2.15. The van der Waals surface area contributed by atoms with E-state index < -0.39 is 0 Å². The summed E-state index contributed by atoms with van der Waals surface area (Å²) >= 11 is 0. The summed E-state index contributed by atoms with van der Waals surface area (Å²) in [6, 6.07) is 15.1. The summed E-state index contributed by atoms with van der Waals surface area (Å²) in [4.78, 5) is 27.0. The number of fused-ring (bicyclic) bond motifs is 2. The normalized spacial score (nSPS) is 10.2. The Morgan fingerprint density at radius 1 is 0.727 bits per heavy atom. The van der Waals surface area contributed by atoms with Gasteiger partial charge in [-0.2, -0.15) is 0 Å². The number of H-pyrrole nitrogens is 2. The van der Waals surface area contributed by atoms with Gasteiger partial charge < -0.3 is 9.97 Å². The third-order valence-corrected chi connectivity index (χ3v) is 3.21. The second-order valence-corrected chi connectivity index (χ2v) is 4.53. The lowest BCUT2D eigenvalue weighted by molar-refractivity contribution is 0.102. The summed E-state index contributed by atoms with van der Waals surface area (Å²) < 4.78 is 0. The number of para-hydroxylation sites is 4. The monoisotopic (exact) mass is 334 g/mol. The fraction of sp³-hybridized carbons (Fsp3) is 0. The van der Waals surface area contributed by atoms with E-state index in [-0.39, 0.29) is 30.6 Å². The smallest absolute Gasteiger partial charge is 0.263 e. The molecule has 0 amide bonds. The SMILES string of the molecule is Cl.Cl.O=C(c1nc2ccccc2[nH]1)c1nc2ccccc2[nH]1. The van der Waals surface area contributed by atoms with Crippen molar-refractivity contribution in [2.75, 3.05) is 0 Å². The number of halogens is 2. The van der Waals surface area contributed by atoms with Crippen molar-refractivity contribution in [2.45, 2.75) is 0 Å². The Hall–Kier alpha value is -2.37. The lowest BCUT2D eigenvalue weighted by Gasteiger charge is -1.90. The zero-order valence-electron chi connectivity index (χ0n) is 11.2. The first-order valence-electron chi connectivity index (χ1n) is 6.25. The van der Waals surface area contributed by atoms with E-state index in [0.29, 0.717) is 11.6 Å². The van der Waals surface area contributed by atoms with Crippen LogP contribution in [-0.2, 0) is 0 Å². The molecule has 22 heavy (non-hydrogen) atoms. The molecule has 2 N–H and O–H groups in total. The number of benzene rings is 2. The molecule has 2 aromatic heterocycles. The van der Waals surface area contributed by atoms with Crippen LogP contribution in [0.5, 0.6) is 0 Å². The maximum Gasteiger partial charge on any atom is 0.263 e. The second kappa shape index (κ2) is 6.17. The van der Waals surface area contributed by atoms with Gasteiger partial charge >= 0.3 is 0 Å². The van der Waals surface area contributed by atoms with E-state index in [2.05, 4.69) is 19.9 Å². The van der Waals surface area contributed by atoms with Crippen LogP contribution in [0, 0.1) is 0 Å². The van der Waals surface area contributed by atoms with Gasteiger partial charge in [0.1, 0.15) is 0 Å². The molecule has 0 radical (unpaired) electrons. The summed E-state index contributed by atoms with van der Waals surface area (Å²) in [5.41, 5.74) is 3.22. The molecule has 0 aliphatic carbocycles. The minimum atomic E-state index is -0.239. The van der Waals surface area contributed by atoms with Crippen molar-refractivity contribution in [3.05, 3.63) is 60.2 Å². The van der Waals surface area contributed by atoms with Gasteiger partial charge in [0.2, 0.25) is 0 Å². The lowest BCUT2D eigenvalue weighted by Crippen LogP contribution is -2.05. The van der Waals surface area contributed by atoms with Crippen molar-refractivity contribution in [2.24, 2.45) is 0 Å². The lowest BCUT2D eigenvalue weighted by atomic mass is 10.3. The highest BCUT2D eigenvalue weighted by Gasteiger charge is 2.17.